The lowest BCUT2D eigenvalue weighted by atomic mass is 9.93. The summed E-state index contributed by atoms with van der Waals surface area (Å²) in [7, 11) is 0. The minimum absolute atomic E-state index is 0.150. The molecule has 0 amide bonds. The third-order valence-corrected chi connectivity index (χ3v) is 5.65. The average Bonchev–Trinajstić information content (AvgIpc) is 2.65. The number of nitrogens with one attached hydrogen (secondary N) is 3. The summed E-state index contributed by atoms with van der Waals surface area (Å²) in [4.78, 5) is 4.42. The van der Waals surface area contributed by atoms with E-state index in [1.807, 2.05) is 6.92 Å². The van der Waals surface area contributed by atoms with Crippen LogP contribution in [0.25, 0.3) is 0 Å². The molecule has 0 spiro atoms. The highest BCUT2D eigenvalue weighted by atomic mass is 32.2. The third kappa shape index (κ3) is 4.61. The molecule has 0 saturated heterocycles. The normalized spacial score (nSPS) is 18.2. The van der Waals surface area contributed by atoms with E-state index in [0.717, 1.165) is 46.5 Å². The van der Waals surface area contributed by atoms with Crippen molar-refractivity contribution in [3.63, 3.8) is 0 Å². The molecule has 3 rings (SSSR count). The predicted octanol–water partition coefficient (Wildman–Crippen LogP) is 5.68. The quantitative estimate of drug-likeness (QED) is 0.551. The minimum Gasteiger partial charge on any atom is -0.367 e. The molecule has 0 unspecified atom stereocenters. The van der Waals surface area contributed by atoms with E-state index >= 15 is 0 Å². The summed E-state index contributed by atoms with van der Waals surface area (Å²) in [5, 5.41) is 15.0. The Hall–Kier alpha value is -2.08. The SMILES string of the molecule is C=C1NC(C)=CC(C)=C1Cc1cc(SF)nc(NC2CCCCC2)c1C=N. The number of rotatable bonds is 6. The highest BCUT2D eigenvalue weighted by molar-refractivity contribution is 7.94. The molecule has 1 aliphatic heterocycles. The standard InChI is InChI=1S/C21H27FN4S/c1-13-9-14(2)24-15(3)18(13)10-16-11-20(27-22)26-21(19(16)12-23)25-17-7-5-4-6-8-17/h9,11-12,17,23-24H,3-8,10H2,1-2H3,(H,25,26). The minimum atomic E-state index is 0.150. The molecule has 144 valence electrons. The van der Waals surface area contributed by atoms with Gasteiger partial charge in [0.25, 0.3) is 0 Å². The number of allylic oxidation sites excluding steroid dienone is 4. The Morgan fingerprint density at radius 3 is 2.74 bits per heavy atom. The van der Waals surface area contributed by atoms with Crippen molar-refractivity contribution in [2.75, 3.05) is 5.32 Å². The molecular weight excluding hydrogens is 359 g/mol. The topological polar surface area (TPSA) is 60.8 Å². The zero-order chi connectivity index (χ0) is 19.4. The van der Waals surface area contributed by atoms with Crippen LogP contribution in [0.15, 0.2) is 46.3 Å². The summed E-state index contributed by atoms with van der Waals surface area (Å²) in [6, 6.07) is 2.09. The van der Waals surface area contributed by atoms with E-state index in [-0.39, 0.29) is 12.1 Å². The molecule has 6 heteroatoms. The fourth-order valence-electron chi connectivity index (χ4n) is 3.91. The van der Waals surface area contributed by atoms with Gasteiger partial charge in [-0.2, -0.15) is 3.89 Å². The maximum absolute atomic E-state index is 13.4. The van der Waals surface area contributed by atoms with Gasteiger partial charge in [-0.1, -0.05) is 25.8 Å². The Morgan fingerprint density at radius 2 is 2.11 bits per heavy atom. The van der Waals surface area contributed by atoms with Crippen LogP contribution in [-0.2, 0) is 6.42 Å². The van der Waals surface area contributed by atoms with Gasteiger partial charge in [-0.05, 0) is 55.5 Å². The van der Waals surface area contributed by atoms with E-state index in [9.17, 15) is 3.89 Å². The summed E-state index contributed by atoms with van der Waals surface area (Å²) in [6.07, 6.45) is 9.85. The van der Waals surface area contributed by atoms with Crippen LogP contribution in [0.3, 0.4) is 0 Å². The first-order valence-electron chi connectivity index (χ1n) is 9.45. The number of aromatic nitrogens is 1. The van der Waals surface area contributed by atoms with Gasteiger partial charge in [0.15, 0.2) is 0 Å². The van der Waals surface area contributed by atoms with Gasteiger partial charge in [0, 0.05) is 35.6 Å². The molecule has 1 aromatic heterocycles. The molecular formula is C21H27FN4S. The molecule has 0 aromatic carbocycles. The van der Waals surface area contributed by atoms with Crippen LogP contribution in [0, 0.1) is 5.41 Å². The van der Waals surface area contributed by atoms with Crippen molar-refractivity contribution in [1.82, 2.24) is 10.3 Å². The molecule has 0 atom stereocenters. The number of hydrogen-bond acceptors (Lipinski definition) is 5. The summed E-state index contributed by atoms with van der Waals surface area (Å²) >= 11 is 0.150. The molecule has 2 heterocycles. The molecule has 2 aliphatic rings. The summed E-state index contributed by atoms with van der Waals surface area (Å²) in [5.41, 5.74) is 5.76. The second-order valence-electron chi connectivity index (χ2n) is 7.35. The molecule has 1 aromatic rings. The monoisotopic (exact) mass is 386 g/mol. The highest BCUT2D eigenvalue weighted by Gasteiger charge is 2.20. The lowest BCUT2D eigenvalue weighted by molar-refractivity contribution is 0.461. The van der Waals surface area contributed by atoms with E-state index < -0.39 is 0 Å². The number of hydrogen-bond donors (Lipinski definition) is 3. The van der Waals surface area contributed by atoms with E-state index in [4.69, 9.17) is 5.41 Å². The third-order valence-electron chi connectivity index (χ3n) is 5.28. The van der Waals surface area contributed by atoms with Gasteiger partial charge >= 0.3 is 0 Å². The largest absolute Gasteiger partial charge is 0.367 e. The van der Waals surface area contributed by atoms with Gasteiger partial charge in [0.05, 0.1) is 0 Å². The second kappa shape index (κ2) is 8.74. The fraction of sp³-hybridized carbons (Fsp3) is 0.429. The zero-order valence-electron chi connectivity index (χ0n) is 16.0. The Kier molecular flexibility index (Phi) is 6.37. The molecule has 1 saturated carbocycles. The maximum atomic E-state index is 13.4. The van der Waals surface area contributed by atoms with Crippen molar-refractivity contribution in [3.05, 3.63) is 52.4 Å². The Bertz CT molecular complexity index is 807. The maximum Gasteiger partial charge on any atom is 0.136 e. The van der Waals surface area contributed by atoms with Gasteiger partial charge in [-0.3, -0.25) is 0 Å². The van der Waals surface area contributed by atoms with E-state index in [2.05, 4.69) is 35.2 Å². The molecule has 1 fully saturated rings. The molecule has 4 nitrogen and oxygen atoms in total. The predicted molar refractivity (Wildman–Crippen MR) is 112 cm³/mol. The van der Waals surface area contributed by atoms with Crippen molar-refractivity contribution in [3.8, 4) is 0 Å². The van der Waals surface area contributed by atoms with Crippen molar-refractivity contribution < 1.29 is 3.89 Å². The van der Waals surface area contributed by atoms with Gasteiger partial charge in [0.2, 0.25) is 0 Å². The Morgan fingerprint density at radius 1 is 1.37 bits per heavy atom. The molecule has 1 aliphatic carbocycles. The van der Waals surface area contributed by atoms with Crippen LogP contribution >= 0.6 is 12.1 Å². The van der Waals surface area contributed by atoms with Crippen molar-refractivity contribution in [1.29, 1.82) is 5.41 Å². The van der Waals surface area contributed by atoms with Gasteiger partial charge in [0.1, 0.15) is 23.0 Å². The van der Waals surface area contributed by atoms with E-state index in [0.29, 0.717) is 23.3 Å². The first-order chi connectivity index (χ1) is 13.0. The smallest absolute Gasteiger partial charge is 0.136 e. The average molecular weight is 387 g/mol. The zero-order valence-corrected chi connectivity index (χ0v) is 16.8. The first-order valence-corrected chi connectivity index (χ1v) is 10.2. The summed E-state index contributed by atoms with van der Waals surface area (Å²) in [5.74, 6) is 0.619. The lowest BCUT2D eigenvalue weighted by Crippen LogP contribution is -2.24. The first kappa shape index (κ1) is 19.7. The molecule has 0 radical (unpaired) electrons. The molecule has 3 N–H and O–H groups in total. The summed E-state index contributed by atoms with van der Waals surface area (Å²) in [6.45, 7) is 8.19. The van der Waals surface area contributed by atoms with Crippen LogP contribution in [0.2, 0.25) is 0 Å². The number of dihydropyridines is 1. The number of nitrogens with zero attached hydrogens (tertiary/aromatic N) is 1. The fourth-order valence-corrected chi connectivity index (χ4v) is 4.23. The van der Waals surface area contributed by atoms with Gasteiger partial charge in [-0.15, -0.1) is 0 Å². The van der Waals surface area contributed by atoms with Crippen LogP contribution < -0.4 is 10.6 Å². The second-order valence-corrected chi connectivity index (χ2v) is 7.92. The lowest BCUT2D eigenvalue weighted by Gasteiger charge is -2.26. The van der Waals surface area contributed by atoms with Crippen molar-refractivity contribution in [2.45, 2.75) is 63.4 Å². The van der Waals surface area contributed by atoms with E-state index in [1.165, 1.54) is 25.5 Å². The molecule has 27 heavy (non-hydrogen) atoms. The van der Waals surface area contributed by atoms with Crippen molar-refractivity contribution in [2.24, 2.45) is 0 Å². The molecule has 0 bridgehead atoms. The van der Waals surface area contributed by atoms with Crippen LogP contribution in [0.4, 0.5) is 9.70 Å². The van der Waals surface area contributed by atoms with Crippen LogP contribution in [-0.4, -0.2) is 17.2 Å². The summed E-state index contributed by atoms with van der Waals surface area (Å²) < 4.78 is 13.4. The van der Waals surface area contributed by atoms with Gasteiger partial charge < -0.3 is 16.0 Å². The Labute approximate surface area is 165 Å². The Balaban J connectivity index is 1.96. The van der Waals surface area contributed by atoms with Gasteiger partial charge in [-0.25, -0.2) is 4.98 Å². The van der Waals surface area contributed by atoms with Crippen molar-refractivity contribution >= 4 is 24.2 Å². The number of anilines is 1. The van der Waals surface area contributed by atoms with Crippen LogP contribution in [0.1, 0.15) is 57.1 Å². The highest BCUT2D eigenvalue weighted by Crippen LogP contribution is 2.31. The number of halogens is 1. The van der Waals surface area contributed by atoms with Crippen LogP contribution in [0.5, 0.6) is 0 Å². The van der Waals surface area contributed by atoms with E-state index in [1.54, 1.807) is 6.07 Å². The number of pyridine rings is 1.